The minimum Gasteiger partial charge on any atom is -0.383 e. The second-order valence-electron chi connectivity index (χ2n) is 10.5. The average Bonchev–Trinajstić information content (AvgIpc) is 2.90. The SMILES string of the molecule is C[C@@]1(F)COCc2ccc(C(=O)NCc3cc4nc(-c5cccc(C6(O)CC(F)(F)C6)n5)ccc4cn3)cc21. The zero-order valence-electron chi connectivity index (χ0n) is 21.0. The fourth-order valence-corrected chi connectivity index (χ4v) is 5.15. The van der Waals surface area contributed by atoms with Crippen molar-refractivity contribution in [3.63, 3.8) is 0 Å². The van der Waals surface area contributed by atoms with Crippen LogP contribution in [-0.2, 0) is 29.2 Å². The number of hydrogen-bond donors (Lipinski definition) is 2. The Morgan fingerprint density at radius 1 is 1.05 bits per heavy atom. The van der Waals surface area contributed by atoms with Crippen molar-refractivity contribution in [2.45, 2.75) is 50.1 Å². The van der Waals surface area contributed by atoms with Gasteiger partial charge in [0.25, 0.3) is 11.8 Å². The van der Waals surface area contributed by atoms with Crippen LogP contribution in [0.5, 0.6) is 0 Å². The number of carbonyl (C=O) groups excluding carboxylic acids is 1. The van der Waals surface area contributed by atoms with Crippen LogP contribution in [0.3, 0.4) is 0 Å². The lowest BCUT2D eigenvalue weighted by atomic mass is 9.74. The van der Waals surface area contributed by atoms with Crippen LogP contribution in [0.15, 0.2) is 60.8 Å². The van der Waals surface area contributed by atoms with Crippen LogP contribution in [-0.4, -0.2) is 38.5 Å². The first-order chi connectivity index (χ1) is 18.5. The van der Waals surface area contributed by atoms with E-state index in [9.17, 15) is 23.1 Å². The van der Waals surface area contributed by atoms with Gasteiger partial charge in [-0.1, -0.05) is 12.1 Å². The van der Waals surface area contributed by atoms with Gasteiger partial charge in [-0.2, -0.15) is 0 Å². The van der Waals surface area contributed by atoms with Crippen LogP contribution < -0.4 is 5.32 Å². The summed E-state index contributed by atoms with van der Waals surface area (Å²) in [7, 11) is 0. The fourth-order valence-electron chi connectivity index (χ4n) is 5.15. The molecule has 1 aliphatic heterocycles. The Hall–Kier alpha value is -3.89. The van der Waals surface area contributed by atoms with Crippen molar-refractivity contribution in [3.8, 4) is 11.4 Å². The predicted molar refractivity (Wildman–Crippen MR) is 137 cm³/mol. The topological polar surface area (TPSA) is 97.2 Å². The molecule has 0 saturated heterocycles. The van der Waals surface area contributed by atoms with Gasteiger partial charge in [0.1, 0.15) is 5.60 Å². The van der Waals surface area contributed by atoms with Crippen molar-refractivity contribution in [2.75, 3.05) is 6.61 Å². The van der Waals surface area contributed by atoms with E-state index in [-0.39, 0.29) is 24.8 Å². The van der Waals surface area contributed by atoms with Crippen molar-refractivity contribution in [2.24, 2.45) is 0 Å². The molecule has 1 aliphatic carbocycles. The van der Waals surface area contributed by atoms with Gasteiger partial charge in [0.05, 0.1) is 48.1 Å². The molecule has 7 nitrogen and oxygen atoms in total. The number of halogens is 3. The van der Waals surface area contributed by atoms with E-state index in [2.05, 4.69) is 20.3 Å². The van der Waals surface area contributed by atoms with Gasteiger partial charge in [-0.15, -0.1) is 0 Å². The first-order valence-electron chi connectivity index (χ1n) is 12.5. The molecule has 4 aromatic rings. The van der Waals surface area contributed by atoms with Crippen molar-refractivity contribution < 1.29 is 27.8 Å². The molecular formula is C29H25F3N4O3. The minimum atomic E-state index is -2.89. The molecule has 3 aromatic heterocycles. The summed E-state index contributed by atoms with van der Waals surface area (Å²) < 4.78 is 47.0. The van der Waals surface area contributed by atoms with Gasteiger partial charge in [-0.25, -0.2) is 23.1 Å². The quantitative estimate of drug-likeness (QED) is 0.376. The molecule has 39 heavy (non-hydrogen) atoms. The molecule has 0 bridgehead atoms. The van der Waals surface area contributed by atoms with Gasteiger partial charge in [0.15, 0.2) is 5.67 Å². The molecule has 4 heterocycles. The maximum absolute atomic E-state index is 14.9. The van der Waals surface area contributed by atoms with Crippen molar-refractivity contribution in [1.29, 1.82) is 0 Å². The summed E-state index contributed by atoms with van der Waals surface area (Å²) >= 11 is 0. The predicted octanol–water partition coefficient (Wildman–Crippen LogP) is 4.95. The number of nitrogens with one attached hydrogen (secondary N) is 1. The number of ether oxygens (including phenoxy) is 1. The Balaban J connectivity index is 1.20. The normalized spacial score (nSPS) is 21.2. The van der Waals surface area contributed by atoms with Crippen LogP contribution in [0.4, 0.5) is 13.2 Å². The summed E-state index contributed by atoms with van der Waals surface area (Å²) in [6, 6.07) is 15.1. The number of alkyl halides is 3. The number of aliphatic hydroxyl groups is 1. The zero-order chi connectivity index (χ0) is 27.4. The molecule has 2 aliphatic rings. The highest BCUT2D eigenvalue weighted by Gasteiger charge is 2.57. The molecule has 0 spiro atoms. The number of hydrogen-bond acceptors (Lipinski definition) is 6. The summed E-state index contributed by atoms with van der Waals surface area (Å²) in [4.78, 5) is 26.3. The molecule has 0 unspecified atom stereocenters. The van der Waals surface area contributed by atoms with Gasteiger partial charge in [-0.05, 0) is 60.5 Å². The van der Waals surface area contributed by atoms with E-state index in [4.69, 9.17) is 4.74 Å². The van der Waals surface area contributed by atoms with Crippen molar-refractivity contribution in [3.05, 3.63) is 88.9 Å². The number of nitrogens with zero attached hydrogens (tertiary/aromatic N) is 3. The van der Waals surface area contributed by atoms with Gasteiger partial charge in [-0.3, -0.25) is 9.78 Å². The molecule has 1 fully saturated rings. The van der Waals surface area contributed by atoms with Gasteiger partial charge < -0.3 is 15.2 Å². The summed E-state index contributed by atoms with van der Waals surface area (Å²) in [5.41, 5.74) is 0.520. The number of benzene rings is 1. The Morgan fingerprint density at radius 3 is 2.64 bits per heavy atom. The Kier molecular flexibility index (Phi) is 5.92. The molecule has 1 aromatic carbocycles. The van der Waals surface area contributed by atoms with Gasteiger partial charge in [0.2, 0.25) is 0 Å². The molecule has 1 saturated carbocycles. The number of aromatic nitrogens is 3. The highest BCUT2D eigenvalue weighted by Crippen LogP contribution is 2.51. The summed E-state index contributed by atoms with van der Waals surface area (Å²) in [5, 5.41) is 14.1. The Bertz CT molecular complexity index is 1600. The molecule has 1 atom stereocenters. The van der Waals surface area contributed by atoms with Crippen LogP contribution in [0, 0.1) is 0 Å². The molecule has 0 radical (unpaired) electrons. The minimum absolute atomic E-state index is 0.0578. The first-order valence-corrected chi connectivity index (χ1v) is 12.5. The maximum Gasteiger partial charge on any atom is 0.254 e. The van der Waals surface area contributed by atoms with E-state index in [1.807, 2.05) is 6.07 Å². The highest BCUT2D eigenvalue weighted by atomic mass is 19.3. The second-order valence-corrected chi connectivity index (χ2v) is 10.5. The standard InChI is InChI=1S/C29H25F3N4O3/c1-27(30)16-39-13-19-6-5-17(9-21(19)27)26(37)34-12-20-10-24-18(11-33-20)7-8-23(35-24)22-3-2-4-25(36-22)28(38)14-29(31,32)15-28/h2-11,38H,12-16H2,1H3,(H,34,37)/t27-/m1/s1. The van der Waals surface area contributed by atoms with Gasteiger partial charge in [0, 0.05) is 30.0 Å². The molecule has 6 rings (SSSR count). The third kappa shape index (κ3) is 4.86. The van der Waals surface area contributed by atoms with E-state index in [0.717, 1.165) is 10.9 Å². The fraction of sp³-hybridized carbons (Fsp3) is 0.310. The van der Waals surface area contributed by atoms with Crippen molar-refractivity contribution in [1.82, 2.24) is 20.3 Å². The van der Waals surface area contributed by atoms with E-state index < -0.39 is 30.0 Å². The number of amides is 1. The Labute approximate surface area is 222 Å². The Morgan fingerprint density at radius 2 is 1.85 bits per heavy atom. The van der Waals surface area contributed by atoms with Gasteiger partial charge >= 0.3 is 0 Å². The molecule has 2 N–H and O–H groups in total. The lowest BCUT2D eigenvalue weighted by Gasteiger charge is -2.42. The number of rotatable bonds is 5. The second kappa shape index (κ2) is 9.10. The van der Waals surface area contributed by atoms with E-state index >= 15 is 0 Å². The first kappa shape index (κ1) is 25.4. The third-order valence-electron chi connectivity index (χ3n) is 7.22. The number of fused-ring (bicyclic) bond motifs is 2. The monoisotopic (exact) mass is 534 g/mol. The lowest BCUT2D eigenvalue weighted by molar-refractivity contribution is -0.212. The summed E-state index contributed by atoms with van der Waals surface area (Å²) in [5.74, 6) is -3.25. The molecule has 10 heteroatoms. The third-order valence-corrected chi connectivity index (χ3v) is 7.22. The largest absolute Gasteiger partial charge is 0.383 e. The molecule has 200 valence electrons. The smallest absolute Gasteiger partial charge is 0.254 e. The summed E-state index contributed by atoms with van der Waals surface area (Å²) in [6.07, 6.45) is 0.328. The zero-order valence-corrected chi connectivity index (χ0v) is 21.0. The van der Waals surface area contributed by atoms with E-state index in [1.165, 1.54) is 13.0 Å². The molecule has 1 amide bonds. The van der Waals surface area contributed by atoms with E-state index in [0.29, 0.717) is 40.3 Å². The van der Waals surface area contributed by atoms with Crippen LogP contribution in [0.25, 0.3) is 22.3 Å². The average molecular weight is 535 g/mol. The molecular weight excluding hydrogens is 509 g/mol. The summed E-state index contributed by atoms with van der Waals surface area (Å²) in [6.45, 7) is 1.82. The lowest BCUT2D eigenvalue weighted by Crippen LogP contribution is -2.49. The van der Waals surface area contributed by atoms with Crippen LogP contribution in [0.2, 0.25) is 0 Å². The highest BCUT2D eigenvalue weighted by molar-refractivity contribution is 5.94. The number of carbonyl (C=O) groups is 1. The van der Waals surface area contributed by atoms with E-state index in [1.54, 1.807) is 48.7 Å². The number of pyridine rings is 3. The maximum atomic E-state index is 14.9. The van der Waals surface area contributed by atoms with Crippen LogP contribution in [0.1, 0.15) is 52.6 Å². The van der Waals surface area contributed by atoms with Crippen LogP contribution >= 0.6 is 0 Å². The van der Waals surface area contributed by atoms with Crippen molar-refractivity contribution >= 4 is 16.8 Å².